The Morgan fingerprint density at radius 1 is 1.11 bits per heavy atom. The van der Waals surface area contributed by atoms with Gasteiger partial charge in [-0.05, 0) is 49.2 Å². The van der Waals surface area contributed by atoms with Crippen LogP contribution in [-0.2, 0) is 6.42 Å². The molecule has 0 fully saturated rings. The molecule has 0 saturated carbocycles. The smallest absolute Gasteiger partial charge is 0.274 e. The molecular formula is C21H19N5O. The van der Waals surface area contributed by atoms with Crippen molar-refractivity contribution in [1.82, 2.24) is 9.97 Å². The molecule has 134 valence electrons. The van der Waals surface area contributed by atoms with Crippen molar-refractivity contribution in [2.24, 2.45) is 0 Å². The van der Waals surface area contributed by atoms with Crippen molar-refractivity contribution in [2.45, 2.75) is 20.3 Å². The van der Waals surface area contributed by atoms with Crippen LogP contribution in [0.4, 0.5) is 17.3 Å². The van der Waals surface area contributed by atoms with E-state index in [2.05, 4.69) is 33.6 Å². The number of carbonyl (C=O) groups excluding carboxylic acids is 1. The van der Waals surface area contributed by atoms with Crippen LogP contribution in [0.5, 0.6) is 0 Å². The fourth-order valence-corrected chi connectivity index (χ4v) is 2.57. The van der Waals surface area contributed by atoms with Crippen LogP contribution in [0.1, 0.15) is 34.2 Å². The fourth-order valence-electron chi connectivity index (χ4n) is 2.57. The van der Waals surface area contributed by atoms with E-state index in [9.17, 15) is 4.79 Å². The van der Waals surface area contributed by atoms with Crippen LogP contribution in [0, 0.1) is 18.3 Å². The molecule has 0 radical (unpaired) electrons. The number of hydrogen-bond donors (Lipinski definition) is 2. The molecule has 0 spiro atoms. The van der Waals surface area contributed by atoms with Crippen LogP contribution in [0.3, 0.4) is 0 Å². The molecule has 0 bridgehead atoms. The van der Waals surface area contributed by atoms with E-state index < -0.39 is 5.91 Å². The predicted octanol–water partition coefficient (Wildman–Crippen LogP) is 4.22. The molecule has 6 heteroatoms. The summed E-state index contributed by atoms with van der Waals surface area (Å²) in [6.07, 6.45) is 0.968. The van der Waals surface area contributed by atoms with Gasteiger partial charge in [0.25, 0.3) is 5.91 Å². The van der Waals surface area contributed by atoms with E-state index in [4.69, 9.17) is 5.26 Å². The Morgan fingerprint density at radius 2 is 1.85 bits per heavy atom. The summed E-state index contributed by atoms with van der Waals surface area (Å²) in [5, 5.41) is 15.0. The van der Waals surface area contributed by atoms with Gasteiger partial charge in [0.2, 0.25) is 5.95 Å². The lowest BCUT2D eigenvalue weighted by Crippen LogP contribution is -2.16. The van der Waals surface area contributed by atoms with E-state index >= 15 is 0 Å². The van der Waals surface area contributed by atoms with Crippen molar-refractivity contribution in [3.8, 4) is 6.07 Å². The van der Waals surface area contributed by atoms with Crippen LogP contribution in [-0.4, -0.2) is 15.9 Å². The number of anilines is 3. The number of carbonyl (C=O) groups is 1. The molecular weight excluding hydrogens is 338 g/mol. The molecule has 0 aliphatic carbocycles. The Labute approximate surface area is 157 Å². The lowest BCUT2D eigenvalue weighted by molar-refractivity contribution is 0.102. The highest BCUT2D eigenvalue weighted by atomic mass is 16.1. The Kier molecular flexibility index (Phi) is 5.43. The average Bonchev–Trinajstić information content (AvgIpc) is 2.68. The molecule has 1 amide bonds. The third-order valence-electron chi connectivity index (χ3n) is 4.00. The van der Waals surface area contributed by atoms with Crippen LogP contribution in [0.25, 0.3) is 0 Å². The maximum atomic E-state index is 12.6. The molecule has 1 heterocycles. The number of para-hydroxylation sites is 1. The number of amides is 1. The average molecular weight is 357 g/mol. The third kappa shape index (κ3) is 4.47. The van der Waals surface area contributed by atoms with Gasteiger partial charge in [-0.2, -0.15) is 5.26 Å². The molecule has 3 aromatic rings. The van der Waals surface area contributed by atoms with Crippen molar-refractivity contribution < 1.29 is 4.79 Å². The monoisotopic (exact) mass is 357 g/mol. The Bertz CT molecular complexity index is 1010. The SMILES string of the molecule is CCc1ccc(Nc2nc(C)cc(C(=O)Nc3ccccc3C#N)n2)cc1. The zero-order valence-electron chi connectivity index (χ0n) is 15.2. The van der Waals surface area contributed by atoms with E-state index in [1.54, 1.807) is 37.3 Å². The number of hydrogen-bond acceptors (Lipinski definition) is 5. The van der Waals surface area contributed by atoms with Gasteiger partial charge in [-0.15, -0.1) is 0 Å². The van der Waals surface area contributed by atoms with E-state index in [1.807, 2.05) is 24.3 Å². The summed E-state index contributed by atoms with van der Waals surface area (Å²) >= 11 is 0. The number of rotatable bonds is 5. The lowest BCUT2D eigenvalue weighted by atomic mass is 10.1. The van der Waals surface area contributed by atoms with Gasteiger partial charge in [0.1, 0.15) is 11.8 Å². The molecule has 3 rings (SSSR count). The summed E-state index contributed by atoms with van der Waals surface area (Å²) in [5.41, 5.74) is 3.82. The normalized spacial score (nSPS) is 10.1. The first-order valence-corrected chi connectivity index (χ1v) is 8.61. The van der Waals surface area contributed by atoms with Crippen molar-refractivity contribution in [3.63, 3.8) is 0 Å². The Balaban J connectivity index is 1.81. The summed E-state index contributed by atoms with van der Waals surface area (Å²) in [5.74, 6) is -0.0504. The molecule has 0 aliphatic heterocycles. The maximum absolute atomic E-state index is 12.6. The van der Waals surface area contributed by atoms with E-state index in [-0.39, 0.29) is 5.69 Å². The number of aromatic nitrogens is 2. The molecule has 0 saturated heterocycles. The number of nitriles is 1. The molecule has 6 nitrogen and oxygen atoms in total. The molecule has 0 aliphatic rings. The van der Waals surface area contributed by atoms with Gasteiger partial charge in [0, 0.05) is 11.4 Å². The van der Waals surface area contributed by atoms with Gasteiger partial charge >= 0.3 is 0 Å². The van der Waals surface area contributed by atoms with Gasteiger partial charge in [-0.25, -0.2) is 9.97 Å². The largest absolute Gasteiger partial charge is 0.324 e. The molecule has 0 unspecified atom stereocenters. The maximum Gasteiger partial charge on any atom is 0.274 e. The molecule has 2 aromatic carbocycles. The summed E-state index contributed by atoms with van der Waals surface area (Å²) in [7, 11) is 0. The van der Waals surface area contributed by atoms with Gasteiger partial charge in [-0.1, -0.05) is 31.2 Å². The first-order chi connectivity index (χ1) is 13.1. The second-order valence-corrected chi connectivity index (χ2v) is 6.01. The molecule has 2 N–H and O–H groups in total. The summed E-state index contributed by atoms with van der Waals surface area (Å²) in [6.45, 7) is 3.90. The van der Waals surface area contributed by atoms with Gasteiger partial charge in [-0.3, -0.25) is 4.79 Å². The predicted molar refractivity (Wildman–Crippen MR) is 105 cm³/mol. The van der Waals surface area contributed by atoms with E-state index in [0.29, 0.717) is 22.9 Å². The highest BCUT2D eigenvalue weighted by Crippen LogP contribution is 2.17. The highest BCUT2D eigenvalue weighted by Gasteiger charge is 2.13. The zero-order chi connectivity index (χ0) is 19.2. The fraction of sp³-hybridized carbons (Fsp3) is 0.143. The van der Waals surface area contributed by atoms with Crippen LogP contribution in [0.2, 0.25) is 0 Å². The first-order valence-electron chi connectivity index (χ1n) is 8.61. The minimum atomic E-state index is -0.396. The lowest BCUT2D eigenvalue weighted by Gasteiger charge is -2.10. The minimum Gasteiger partial charge on any atom is -0.324 e. The minimum absolute atomic E-state index is 0.225. The second-order valence-electron chi connectivity index (χ2n) is 6.01. The quantitative estimate of drug-likeness (QED) is 0.713. The Morgan fingerprint density at radius 3 is 2.56 bits per heavy atom. The summed E-state index contributed by atoms with van der Waals surface area (Å²) in [6, 6.07) is 18.5. The van der Waals surface area contributed by atoms with Crippen molar-refractivity contribution in [1.29, 1.82) is 5.26 Å². The number of nitrogens with one attached hydrogen (secondary N) is 2. The Hall–Kier alpha value is -3.72. The molecule has 27 heavy (non-hydrogen) atoms. The highest BCUT2D eigenvalue weighted by molar-refractivity contribution is 6.03. The first kappa shape index (κ1) is 18.1. The molecule has 1 aromatic heterocycles. The molecule has 0 atom stereocenters. The van der Waals surface area contributed by atoms with Crippen LogP contribution in [0.15, 0.2) is 54.6 Å². The van der Waals surface area contributed by atoms with E-state index in [0.717, 1.165) is 12.1 Å². The standard InChI is InChI=1S/C21H19N5O/c1-3-15-8-10-17(11-9-15)24-21-23-14(2)12-19(26-21)20(27)25-18-7-5-4-6-16(18)13-22/h4-12H,3H2,1-2H3,(H,25,27)(H,23,24,26). The van der Waals surface area contributed by atoms with Crippen molar-refractivity contribution >= 4 is 23.2 Å². The number of nitrogens with zero attached hydrogens (tertiary/aromatic N) is 3. The van der Waals surface area contributed by atoms with Crippen molar-refractivity contribution in [3.05, 3.63) is 77.1 Å². The topological polar surface area (TPSA) is 90.7 Å². The number of aryl methyl sites for hydroxylation is 2. The van der Waals surface area contributed by atoms with Crippen LogP contribution >= 0.6 is 0 Å². The third-order valence-corrected chi connectivity index (χ3v) is 4.00. The van der Waals surface area contributed by atoms with Crippen molar-refractivity contribution in [2.75, 3.05) is 10.6 Å². The van der Waals surface area contributed by atoms with Gasteiger partial charge in [0.15, 0.2) is 0 Å². The zero-order valence-corrected chi connectivity index (χ0v) is 15.2. The summed E-state index contributed by atoms with van der Waals surface area (Å²) in [4.78, 5) is 21.2. The van der Waals surface area contributed by atoms with Gasteiger partial charge in [0.05, 0.1) is 11.3 Å². The number of benzene rings is 2. The summed E-state index contributed by atoms with van der Waals surface area (Å²) < 4.78 is 0. The second kappa shape index (κ2) is 8.11. The van der Waals surface area contributed by atoms with E-state index in [1.165, 1.54) is 5.56 Å². The van der Waals surface area contributed by atoms with Gasteiger partial charge < -0.3 is 10.6 Å². The van der Waals surface area contributed by atoms with Crippen LogP contribution < -0.4 is 10.6 Å².